The third-order valence-corrected chi connectivity index (χ3v) is 19.1. The van der Waals surface area contributed by atoms with Crippen LogP contribution < -0.4 is 9.80 Å². The minimum atomic E-state index is -0.939. The van der Waals surface area contributed by atoms with Gasteiger partial charge in [0.1, 0.15) is 28.9 Å². The van der Waals surface area contributed by atoms with E-state index in [0.29, 0.717) is 94.1 Å². The Hall–Kier alpha value is -5.05. The molecule has 2 unspecified atom stereocenters. The first kappa shape index (κ1) is 78.6. The number of carboxylic acid groups (broad SMARTS) is 1. The molecule has 0 aromatic heterocycles. The zero-order valence-corrected chi connectivity index (χ0v) is 62.5. The van der Waals surface area contributed by atoms with Crippen molar-refractivity contribution in [1.29, 1.82) is 0 Å². The molecular weight excluding hydrogens is 1310 g/mol. The third-order valence-electron chi connectivity index (χ3n) is 18.3. The van der Waals surface area contributed by atoms with Gasteiger partial charge in [0.2, 0.25) is 17.7 Å². The summed E-state index contributed by atoms with van der Waals surface area (Å²) in [6.45, 7) is 43.9. The third kappa shape index (κ3) is 19.8. The van der Waals surface area contributed by atoms with Crippen LogP contribution in [0.25, 0.3) is 0 Å². The summed E-state index contributed by atoms with van der Waals surface area (Å²) >= 11 is 13.1. The molecule has 4 aromatic carbocycles. The number of anilines is 2. The van der Waals surface area contributed by atoms with E-state index in [4.69, 9.17) is 27.9 Å². The molecule has 4 saturated heterocycles. The minimum Gasteiger partial charge on any atom is -0.481 e. The average Bonchev–Trinajstić information content (AvgIpc) is 1.78. The van der Waals surface area contributed by atoms with Crippen LogP contribution in [0.5, 0.6) is 0 Å². The van der Waals surface area contributed by atoms with Crippen LogP contribution in [0.1, 0.15) is 175 Å². The van der Waals surface area contributed by atoms with Crippen molar-refractivity contribution in [3.63, 3.8) is 0 Å². The summed E-state index contributed by atoms with van der Waals surface area (Å²) in [6, 6.07) is 15.0. The normalized spacial score (nSPS) is 19.7. The van der Waals surface area contributed by atoms with Crippen molar-refractivity contribution < 1.29 is 84.1 Å². The number of piperazine rings is 2. The molecule has 4 aromatic rings. The van der Waals surface area contributed by atoms with Gasteiger partial charge in [-0.05, 0) is 175 Å². The summed E-state index contributed by atoms with van der Waals surface area (Å²) in [4.78, 5) is 78.8. The second-order valence-electron chi connectivity index (χ2n) is 28.7. The van der Waals surface area contributed by atoms with Gasteiger partial charge in [0, 0.05) is 194 Å². The van der Waals surface area contributed by atoms with Gasteiger partial charge >= 0.3 is 12.1 Å². The fourth-order valence-electron chi connectivity index (χ4n) is 13.4. The maximum absolute atomic E-state index is 14.9. The molecule has 0 spiro atoms. The summed E-state index contributed by atoms with van der Waals surface area (Å²) in [6.07, 6.45) is -0.278. The van der Waals surface area contributed by atoms with Crippen LogP contribution in [0.4, 0.5) is 33.7 Å². The van der Waals surface area contributed by atoms with Gasteiger partial charge in [0.25, 0.3) is 0 Å². The van der Waals surface area contributed by atoms with Crippen molar-refractivity contribution in [2.75, 3.05) is 88.3 Å². The van der Waals surface area contributed by atoms with Crippen LogP contribution in [0.2, 0.25) is 10.0 Å². The number of halogens is 6. The zero-order chi connectivity index (χ0) is 69.0. The molecule has 4 heterocycles. The number of rotatable bonds is 12. The SMILES string of the molecule is CC(=O)N(C(C)C)C(C)c1cc(C)c(Cl)cc1N1CCN(C(=O)OC(C)(C)C)CC1.CC(=O)N(C(C)C)C(C)c1cc(C)c(Cl)cc1N1CCN(C(=O)[C@@H]2CN(C(C)(C)C)C[C@H]2c2ccc(F)cc2F)CC1.CC(C)(C)N1C[C@@H](C(=O)O)[C@H](c2ccc(F)cc2F)C1.[Y]. The van der Waals surface area contributed by atoms with Crippen LogP contribution >= 0.6 is 23.2 Å². The maximum Gasteiger partial charge on any atom is 0.410 e. The second-order valence-corrected chi connectivity index (χ2v) is 29.5. The largest absolute Gasteiger partial charge is 0.481 e. The molecule has 511 valence electrons. The molecule has 22 heteroatoms. The van der Waals surface area contributed by atoms with Crippen molar-refractivity contribution in [2.24, 2.45) is 11.8 Å². The summed E-state index contributed by atoms with van der Waals surface area (Å²) in [7, 11) is 0. The number of aryl methyl sites for hydroxylation is 2. The molecule has 0 bridgehead atoms. The molecule has 6 atom stereocenters. The number of ether oxygens (including phenoxy) is 1. The second kappa shape index (κ2) is 32.3. The van der Waals surface area contributed by atoms with Crippen LogP contribution in [0.3, 0.4) is 0 Å². The van der Waals surface area contributed by atoms with Gasteiger partial charge in [-0.2, -0.15) is 0 Å². The zero-order valence-electron chi connectivity index (χ0n) is 58.2. The van der Waals surface area contributed by atoms with Crippen molar-refractivity contribution in [3.8, 4) is 0 Å². The Bertz CT molecular complexity index is 3290. The van der Waals surface area contributed by atoms with Crippen LogP contribution in [0, 0.1) is 49.0 Å². The number of carbonyl (C=O) groups excluding carboxylic acids is 4. The van der Waals surface area contributed by atoms with Gasteiger partial charge in [0.05, 0.1) is 23.9 Å². The quantitative estimate of drug-likeness (QED) is 0.136. The average molecular weight is 1410 g/mol. The fraction of sp³-hybridized carbons (Fsp3) is 0.592. The molecule has 15 nitrogen and oxygen atoms in total. The van der Waals surface area contributed by atoms with E-state index in [1.54, 1.807) is 18.7 Å². The maximum atomic E-state index is 14.9. The molecular formula is C71H100Cl2F4N8O7Y. The molecule has 4 aliphatic rings. The molecule has 8 rings (SSSR count). The predicted octanol–water partition coefficient (Wildman–Crippen LogP) is 14.3. The van der Waals surface area contributed by atoms with E-state index < -0.39 is 52.6 Å². The molecule has 4 aliphatic heterocycles. The van der Waals surface area contributed by atoms with Crippen molar-refractivity contribution in [1.82, 2.24) is 29.4 Å². The van der Waals surface area contributed by atoms with Crippen molar-refractivity contribution in [2.45, 2.75) is 184 Å². The van der Waals surface area contributed by atoms with E-state index in [-0.39, 0.29) is 103 Å². The van der Waals surface area contributed by atoms with E-state index in [0.717, 1.165) is 45.8 Å². The standard InChI is InChI=1S/C33H45ClF2N4O2.C23H36ClN3O3.C15H19F2NO2.Y/c1-20(2)40(23(5)41)22(4)26-15-21(3)29(34)17-31(26)37-11-13-38(14-12-37)32(42)28-19-39(33(6,7)8)18-27(28)25-10-9-24(35)16-30(25)36;1-15(2)27(18(5)28)17(4)19-13-16(3)20(24)14-21(19)25-9-11-26(12-10-25)22(29)30-23(6,7)8;1-15(2,3)18-7-11(12(8-18)14(19)20)10-5-4-9(16)6-13(10)17;/h9-10,15-17,20,22,27-28H,11-14,18-19H2,1-8H3;13-15,17H,9-12H2,1-8H3;4-6,11-12H,7-8H2,1-3H3,(H,19,20);/t22?,27-,28+;;11-,12+;/m0.0./s1. The van der Waals surface area contributed by atoms with E-state index in [1.807, 2.05) is 122 Å². The van der Waals surface area contributed by atoms with Gasteiger partial charge in [-0.3, -0.25) is 29.0 Å². The van der Waals surface area contributed by atoms with E-state index in [9.17, 15) is 46.6 Å². The van der Waals surface area contributed by atoms with Gasteiger partial charge in [-0.25, -0.2) is 22.4 Å². The van der Waals surface area contributed by atoms with Gasteiger partial charge in [0.15, 0.2) is 0 Å². The first-order valence-electron chi connectivity index (χ1n) is 32.2. The predicted molar refractivity (Wildman–Crippen MR) is 359 cm³/mol. The molecule has 1 radical (unpaired) electrons. The summed E-state index contributed by atoms with van der Waals surface area (Å²) in [5, 5.41) is 10.7. The van der Waals surface area contributed by atoms with Gasteiger partial charge < -0.3 is 39.2 Å². The van der Waals surface area contributed by atoms with E-state index in [2.05, 4.69) is 54.5 Å². The number of likely N-dealkylation sites (tertiary alicyclic amines) is 2. The first-order valence-corrected chi connectivity index (χ1v) is 32.9. The topological polar surface area (TPSA) is 141 Å². The minimum absolute atomic E-state index is 0. The number of hydrogen-bond donors (Lipinski definition) is 1. The number of nitrogens with zero attached hydrogens (tertiary/aromatic N) is 8. The number of amides is 4. The fourth-order valence-corrected chi connectivity index (χ4v) is 13.7. The molecule has 4 fully saturated rings. The Labute approximate surface area is 585 Å². The summed E-state index contributed by atoms with van der Waals surface area (Å²) < 4.78 is 61.1. The molecule has 0 aliphatic carbocycles. The van der Waals surface area contributed by atoms with E-state index >= 15 is 0 Å². The van der Waals surface area contributed by atoms with Crippen molar-refractivity contribution >= 4 is 64.4 Å². The van der Waals surface area contributed by atoms with Crippen LogP contribution in [-0.2, 0) is 56.6 Å². The Balaban J connectivity index is 0.000000269. The number of hydrogen-bond acceptors (Lipinski definition) is 10. The Morgan fingerprint density at radius 2 is 0.892 bits per heavy atom. The summed E-state index contributed by atoms with van der Waals surface area (Å²) in [5.74, 6) is -5.31. The van der Waals surface area contributed by atoms with Crippen molar-refractivity contribution in [3.05, 3.63) is 127 Å². The van der Waals surface area contributed by atoms with E-state index in [1.165, 1.54) is 24.3 Å². The molecule has 4 amide bonds. The smallest absolute Gasteiger partial charge is 0.410 e. The first-order chi connectivity index (χ1) is 42.6. The number of carbonyl (C=O) groups is 5. The number of aliphatic carboxylic acids is 1. The van der Waals surface area contributed by atoms with Gasteiger partial charge in [-0.15, -0.1) is 0 Å². The monoisotopic (exact) mass is 1410 g/mol. The Kier molecular flexibility index (Phi) is 27.3. The Morgan fingerprint density at radius 3 is 1.22 bits per heavy atom. The number of benzene rings is 4. The molecule has 1 N–H and O–H groups in total. The van der Waals surface area contributed by atoms with Crippen LogP contribution in [0.15, 0.2) is 60.7 Å². The van der Waals surface area contributed by atoms with Crippen LogP contribution in [-0.4, -0.2) is 172 Å². The van der Waals surface area contributed by atoms with Gasteiger partial charge in [-0.1, -0.05) is 47.5 Å². The molecule has 93 heavy (non-hydrogen) atoms. The summed E-state index contributed by atoms with van der Waals surface area (Å²) in [5.41, 5.74) is 5.84. The molecule has 0 saturated carbocycles. The Morgan fingerprint density at radius 1 is 0.538 bits per heavy atom. The number of carboxylic acids is 1.